The number of hydrogen-bond acceptors (Lipinski definition) is 2. The van der Waals surface area contributed by atoms with E-state index in [0.717, 1.165) is 12.4 Å². The summed E-state index contributed by atoms with van der Waals surface area (Å²) in [6.45, 7) is 7.80. The van der Waals surface area contributed by atoms with Gasteiger partial charge in [0.05, 0.1) is 19.8 Å². The second kappa shape index (κ2) is 5.25. The van der Waals surface area contributed by atoms with E-state index in [1.165, 1.54) is 11.1 Å². The average Bonchev–Trinajstić information content (AvgIpc) is 2.44. The first-order valence-electron chi connectivity index (χ1n) is 7.56. The highest BCUT2D eigenvalue weighted by Gasteiger charge is 2.44. The van der Waals surface area contributed by atoms with E-state index in [1.54, 1.807) is 7.11 Å². The van der Waals surface area contributed by atoms with Crippen molar-refractivity contribution in [2.45, 2.75) is 26.9 Å². The highest BCUT2D eigenvalue weighted by molar-refractivity contribution is 5.37. The van der Waals surface area contributed by atoms with Gasteiger partial charge < -0.3 is 9.47 Å². The van der Waals surface area contributed by atoms with Crippen molar-refractivity contribution in [3.05, 3.63) is 41.5 Å². The van der Waals surface area contributed by atoms with Gasteiger partial charge in [-0.3, -0.25) is 0 Å². The van der Waals surface area contributed by atoms with Gasteiger partial charge >= 0.3 is 0 Å². The van der Waals surface area contributed by atoms with Crippen molar-refractivity contribution in [2.24, 2.45) is 23.7 Å². The van der Waals surface area contributed by atoms with Crippen LogP contribution in [0.2, 0.25) is 0 Å². The van der Waals surface area contributed by atoms with E-state index in [-0.39, 0.29) is 6.10 Å². The third-order valence-electron chi connectivity index (χ3n) is 5.21. The number of fused-ring (bicyclic) bond motifs is 2. The van der Waals surface area contributed by atoms with Gasteiger partial charge in [0.1, 0.15) is 5.75 Å². The fraction of sp³-hybridized carbons (Fsp3) is 0.556. The Balaban J connectivity index is 2.01. The van der Waals surface area contributed by atoms with Crippen LogP contribution in [0.5, 0.6) is 5.75 Å². The molecule has 1 fully saturated rings. The van der Waals surface area contributed by atoms with Gasteiger partial charge in [-0.1, -0.05) is 43.7 Å². The highest BCUT2D eigenvalue weighted by atomic mass is 16.5. The molecule has 0 N–H and O–H groups in total. The zero-order valence-corrected chi connectivity index (χ0v) is 12.8. The molecule has 3 rings (SSSR count). The Hall–Kier alpha value is -1.28. The number of allylic oxidation sites excluding steroid dienone is 1. The summed E-state index contributed by atoms with van der Waals surface area (Å²) in [5, 5.41) is 0. The third kappa shape index (κ3) is 2.07. The van der Waals surface area contributed by atoms with Crippen LogP contribution in [-0.2, 0) is 4.74 Å². The summed E-state index contributed by atoms with van der Waals surface area (Å²) in [6.07, 6.45) is 2.57. The average molecular weight is 272 g/mol. The molecule has 20 heavy (non-hydrogen) atoms. The van der Waals surface area contributed by atoms with E-state index in [1.807, 2.05) is 12.1 Å². The van der Waals surface area contributed by atoms with Gasteiger partial charge in [0.25, 0.3) is 0 Å². The molecule has 0 radical (unpaired) electrons. The van der Waals surface area contributed by atoms with Crippen molar-refractivity contribution in [1.82, 2.24) is 0 Å². The van der Waals surface area contributed by atoms with Crippen molar-refractivity contribution in [1.29, 1.82) is 0 Å². The number of methoxy groups -OCH3 is 1. The summed E-state index contributed by atoms with van der Waals surface area (Å²) in [6, 6.07) is 8.26. The van der Waals surface area contributed by atoms with Crippen LogP contribution in [0.4, 0.5) is 0 Å². The van der Waals surface area contributed by atoms with Crippen molar-refractivity contribution >= 4 is 0 Å². The number of hydrogen-bond donors (Lipinski definition) is 0. The Morgan fingerprint density at radius 1 is 1.20 bits per heavy atom. The summed E-state index contributed by atoms with van der Waals surface area (Å²) in [5.74, 6) is 3.35. The lowest BCUT2D eigenvalue weighted by Crippen LogP contribution is -2.42. The molecule has 1 aromatic rings. The van der Waals surface area contributed by atoms with Crippen molar-refractivity contribution in [2.75, 3.05) is 13.7 Å². The maximum atomic E-state index is 6.26. The highest BCUT2D eigenvalue weighted by Crippen LogP contribution is 2.50. The molecule has 1 aliphatic carbocycles. The number of para-hydroxylation sites is 1. The minimum absolute atomic E-state index is 0.126. The normalized spacial score (nSPS) is 36.4. The molecule has 2 nitrogen and oxygen atoms in total. The predicted molar refractivity (Wildman–Crippen MR) is 80.8 cm³/mol. The second-order valence-electron chi connectivity index (χ2n) is 6.31. The third-order valence-corrected chi connectivity index (χ3v) is 5.21. The molecule has 0 saturated carbocycles. The van der Waals surface area contributed by atoms with Crippen molar-refractivity contribution in [3.8, 4) is 5.75 Å². The quantitative estimate of drug-likeness (QED) is 0.750. The van der Waals surface area contributed by atoms with Crippen molar-refractivity contribution < 1.29 is 9.47 Å². The van der Waals surface area contributed by atoms with Crippen molar-refractivity contribution in [3.63, 3.8) is 0 Å². The summed E-state index contributed by atoms with van der Waals surface area (Å²) in [4.78, 5) is 0. The fourth-order valence-electron chi connectivity index (χ4n) is 4.13. The molecule has 108 valence electrons. The summed E-state index contributed by atoms with van der Waals surface area (Å²) < 4.78 is 11.8. The molecule has 0 unspecified atom stereocenters. The lowest BCUT2D eigenvalue weighted by molar-refractivity contribution is -0.0941. The smallest absolute Gasteiger partial charge is 0.124 e. The molecule has 5 atom stereocenters. The SMILES string of the molecule is COc1ccccc1[C@@H]1OC[C@H]2[C@@H](C)[C@H]1C(C)=C[C@@H]2C. The summed E-state index contributed by atoms with van der Waals surface area (Å²) in [5.41, 5.74) is 2.66. The molecule has 2 aliphatic rings. The lowest BCUT2D eigenvalue weighted by Gasteiger charge is -2.47. The van der Waals surface area contributed by atoms with Gasteiger partial charge in [-0.15, -0.1) is 0 Å². The Morgan fingerprint density at radius 2 is 1.95 bits per heavy atom. The minimum Gasteiger partial charge on any atom is -0.496 e. The topological polar surface area (TPSA) is 18.5 Å². The maximum Gasteiger partial charge on any atom is 0.124 e. The molecule has 1 aliphatic heterocycles. The molecule has 2 heteroatoms. The van der Waals surface area contributed by atoms with Gasteiger partial charge in [-0.05, 0) is 30.7 Å². The molecule has 0 spiro atoms. The number of benzene rings is 1. The Bertz CT molecular complexity index is 520. The summed E-state index contributed by atoms with van der Waals surface area (Å²) in [7, 11) is 1.74. The molecule has 0 aromatic heterocycles. The molecule has 1 saturated heterocycles. The maximum absolute atomic E-state index is 6.26. The Morgan fingerprint density at radius 3 is 2.70 bits per heavy atom. The Kier molecular flexibility index (Phi) is 3.59. The van der Waals surface area contributed by atoms with Crippen LogP contribution in [0.25, 0.3) is 0 Å². The van der Waals surface area contributed by atoms with E-state index >= 15 is 0 Å². The largest absolute Gasteiger partial charge is 0.496 e. The van der Waals surface area contributed by atoms with Crippen LogP contribution >= 0.6 is 0 Å². The molecule has 1 heterocycles. The molecular formula is C18H24O2. The Labute approximate surface area is 121 Å². The van der Waals surface area contributed by atoms with Gasteiger partial charge in [0.15, 0.2) is 0 Å². The molecule has 0 amide bonds. The van der Waals surface area contributed by atoms with Crippen LogP contribution in [0, 0.1) is 23.7 Å². The van der Waals surface area contributed by atoms with Gasteiger partial charge in [0.2, 0.25) is 0 Å². The minimum atomic E-state index is 0.126. The van der Waals surface area contributed by atoms with E-state index in [2.05, 4.69) is 39.0 Å². The number of ether oxygens (including phenoxy) is 2. The standard InChI is InChI=1S/C18H24O2/c1-11-9-12(2)17-13(3)15(11)10-20-18(17)14-7-5-6-8-16(14)19-4/h5-9,11,13,15,17-18H,10H2,1-4H3/t11-,13+,15+,17+,18-/m0/s1. The van der Waals surface area contributed by atoms with Gasteiger partial charge in [0, 0.05) is 11.5 Å². The molecular weight excluding hydrogens is 248 g/mol. The van der Waals surface area contributed by atoms with Gasteiger partial charge in [-0.2, -0.15) is 0 Å². The molecule has 1 aromatic carbocycles. The first-order chi connectivity index (χ1) is 9.63. The first-order valence-corrected chi connectivity index (χ1v) is 7.56. The van der Waals surface area contributed by atoms with E-state index in [4.69, 9.17) is 9.47 Å². The monoisotopic (exact) mass is 272 g/mol. The first kappa shape index (κ1) is 13.7. The fourth-order valence-corrected chi connectivity index (χ4v) is 4.13. The zero-order valence-electron chi connectivity index (χ0n) is 12.8. The van der Waals surface area contributed by atoms with Crippen LogP contribution < -0.4 is 4.74 Å². The predicted octanol–water partition coefficient (Wildman–Crippen LogP) is 4.23. The second-order valence-corrected chi connectivity index (χ2v) is 6.31. The number of rotatable bonds is 2. The molecule has 2 bridgehead atoms. The van der Waals surface area contributed by atoms with Gasteiger partial charge in [-0.25, -0.2) is 0 Å². The van der Waals surface area contributed by atoms with Crippen LogP contribution in [0.15, 0.2) is 35.9 Å². The van der Waals surface area contributed by atoms with E-state index in [9.17, 15) is 0 Å². The lowest BCUT2D eigenvalue weighted by atomic mass is 9.64. The zero-order chi connectivity index (χ0) is 14.3. The summed E-state index contributed by atoms with van der Waals surface area (Å²) >= 11 is 0. The van der Waals surface area contributed by atoms with E-state index in [0.29, 0.717) is 23.7 Å². The van der Waals surface area contributed by atoms with E-state index < -0.39 is 0 Å². The van der Waals surface area contributed by atoms with Crippen LogP contribution in [0.1, 0.15) is 32.4 Å². The van der Waals surface area contributed by atoms with Crippen LogP contribution in [0.3, 0.4) is 0 Å². The van der Waals surface area contributed by atoms with Crippen LogP contribution in [-0.4, -0.2) is 13.7 Å².